The Morgan fingerprint density at radius 3 is 2.32 bits per heavy atom. The molecule has 3 aliphatic rings. The number of rotatable bonds is 10. The first-order valence-electron chi connectivity index (χ1n) is 15.0. The highest BCUT2D eigenvalue weighted by Crippen LogP contribution is 2.70. The monoisotopic (exact) mass is 654 g/mol. The fraction of sp³-hybridized carbons (Fsp3) is 0.441. The maximum Gasteiger partial charge on any atom is 0.312 e. The van der Waals surface area contributed by atoms with Crippen LogP contribution >= 0.6 is 0 Å². The summed E-state index contributed by atoms with van der Waals surface area (Å²) in [5.74, 6) is -2.05. The van der Waals surface area contributed by atoms with E-state index in [4.69, 9.17) is 37.9 Å². The van der Waals surface area contributed by atoms with Crippen molar-refractivity contribution in [2.45, 2.75) is 48.0 Å². The molecule has 3 aromatic rings. The van der Waals surface area contributed by atoms with E-state index >= 15 is 0 Å². The molecule has 0 radical (unpaired) electrons. The molecule has 2 fully saturated rings. The molecular formula is C34H38O13. The van der Waals surface area contributed by atoms with Gasteiger partial charge in [0.1, 0.15) is 41.3 Å². The molecule has 1 saturated carbocycles. The van der Waals surface area contributed by atoms with E-state index in [1.165, 1.54) is 40.6 Å². The molecule has 0 unspecified atom stereocenters. The summed E-state index contributed by atoms with van der Waals surface area (Å²) in [7, 11) is 5.54. The minimum atomic E-state index is -2.25. The third-order valence-electron chi connectivity index (χ3n) is 9.25. The smallest absolute Gasteiger partial charge is 0.312 e. The van der Waals surface area contributed by atoms with Crippen molar-refractivity contribution in [2.75, 3.05) is 41.7 Å². The van der Waals surface area contributed by atoms with Crippen LogP contribution in [0.1, 0.15) is 22.6 Å². The van der Waals surface area contributed by atoms with Gasteiger partial charge in [-0.15, -0.1) is 0 Å². The lowest BCUT2D eigenvalue weighted by atomic mass is 9.70. The van der Waals surface area contributed by atoms with E-state index < -0.39 is 66.5 Å². The first-order valence-corrected chi connectivity index (χ1v) is 15.0. The number of carbonyl (C=O) groups is 1. The summed E-state index contributed by atoms with van der Waals surface area (Å²) in [6, 6.07) is 18.8. The normalized spacial score (nSPS) is 31.7. The molecule has 0 spiro atoms. The van der Waals surface area contributed by atoms with Crippen molar-refractivity contribution in [3.63, 3.8) is 0 Å². The topological polar surface area (TPSA) is 172 Å². The summed E-state index contributed by atoms with van der Waals surface area (Å²) >= 11 is 0. The average Bonchev–Trinajstić information content (AvgIpc) is 3.49. The molecule has 0 aromatic heterocycles. The summed E-state index contributed by atoms with van der Waals surface area (Å²) in [5, 5.41) is 44.7. The van der Waals surface area contributed by atoms with E-state index in [-0.39, 0.29) is 29.4 Å². The third-order valence-corrected chi connectivity index (χ3v) is 9.25. The summed E-state index contributed by atoms with van der Waals surface area (Å²) in [4.78, 5) is 13.5. The second kappa shape index (κ2) is 12.9. The van der Waals surface area contributed by atoms with Gasteiger partial charge in [-0.3, -0.25) is 4.79 Å². The number of ether oxygens (including phenoxy) is 8. The van der Waals surface area contributed by atoms with Crippen molar-refractivity contribution in [3.05, 3.63) is 83.4 Å². The number of hydrogen-bond acceptors (Lipinski definition) is 13. The molecule has 13 nitrogen and oxygen atoms in total. The Morgan fingerprint density at radius 2 is 1.70 bits per heavy atom. The standard InChI is InChI=1S/C34H38O13/c1-40-20-12-10-19(11-13-20)34-27(18-8-6-5-7-9-18)26(30(38)42-3)29(37)33(34,39)28-23(41-2)14-21(15-24(28)47-34)45-32-31(43-4)44-17-25(46-32)22(36)16-35/h5-15,22,25-27,29,31-32,35-37,39H,16-17H2,1-4H3/t22-,25+,26-,27+,29+,31-,32+,33-,34-/m0/s1. The van der Waals surface area contributed by atoms with Gasteiger partial charge in [-0.05, 0) is 23.3 Å². The summed E-state index contributed by atoms with van der Waals surface area (Å²) in [5.41, 5.74) is -2.88. The highest BCUT2D eigenvalue weighted by Gasteiger charge is 2.78. The predicted octanol–water partition coefficient (Wildman–Crippen LogP) is 1.57. The molecule has 1 saturated heterocycles. The van der Waals surface area contributed by atoms with Crippen LogP contribution in [0.15, 0.2) is 66.7 Å². The summed E-state index contributed by atoms with van der Waals surface area (Å²) < 4.78 is 46.2. The molecule has 0 amide bonds. The highest BCUT2D eigenvalue weighted by molar-refractivity contribution is 5.78. The maximum atomic E-state index is 13.5. The zero-order chi connectivity index (χ0) is 33.5. The first kappa shape index (κ1) is 33.0. The molecule has 4 N–H and O–H groups in total. The van der Waals surface area contributed by atoms with Gasteiger partial charge in [0.2, 0.25) is 6.29 Å². The average molecular weight is 655 g/mol. The Balaban J connectivity index is 1.52. The fourth-order valence-corrected chi connectivity index (χ4v) is 7.11. The second-order valence-electron chi connectivity index (χ2n) is 11.6. The predicted molar refractivity (Wildman–Crippen MR) is 162 cm³/mol. The van der Waals surface area contributed by atoms with Gasteiger partial charge in [0.15, 0.2) is 11.2 Å². The number of benzene rings is 3. The quantitative estimate of drug-likeness (QED) is 0.233. The van der Waals surface area contributed by atoms with Gasteiger partial charge in [-0.25, -0.2) is 0 Å². The van der Waals surface area contributed by atoms with E-state index in [1.807, 2.05) is 6.07 Å². The van der Waals surface area contributed by atoms with Gasteiger partial charge in [-0.1, -0.05) is 42.5 Å². The van der Waals surface area contributed by atoms with Crippen molar-refractivity contribution < 1.29 is 63.1 Å². The number of hydrogen-bond donors (Lipinski definition) is 4. The molecule has 13 heteroatoms. The SMILES string of the molecule is COC(=O)[C@@H]1[C@@H](O)[C@@]2(O)c3c(OC)cc(O[C@@H]4O[C@@H]([C@@H](O)CO)CO[C@@H]4OC)cc3O[C@@]2(c2ccc(OC)cc2)[C@@H]1c1ccccc1. The molecule has 0 bridgehead atoms. The zero-order valence-corrected chi connectivity index (χ0v) is 26.3. The van der Waals surface area contributed by atoms with Crippen molar-refractivity contribution >= 4 is 5.97 Å². The molecule has 47 heavy (non-hydrogen) atoms. The van der Waals surface area contributed by atoms with Crippen molar-refractivity contribution in [1.29, 1.82) is 0 Å². The largest absolute Gasteiger partial charge is 0.497 e. The number of aliphatic hydroxyl groups excluding tert-OH is 3. The summed E-state index contributed by atoms with van der Waals surface area (Å²) in [6.07, 6.45) is -6.03. The molecular weight excluding hydrogens is 616 g/mol. The number of aliphatic hydroxyl groups is 4. The van der Waals surface area contributed by atoms with Gasteiger partial charge < -0.3 is 58.3 Å². The van der Waals surface area contributed by atoms with Crippen molar-refractivity contribution in [1.82, 2.24) is 0 Å². The van der Waals surface area contributed by atoms with Crippen LogP contribution < -0.4 is 18.9 Å². The van der Waals surface area contributed by atoms with Crippen LogP contribution in [0.3, 0.4) is 0 Å². The first-order chi connectivity index (χ1) is 22.7. The van der Waals surface area contributed by atoms with Gasteiger partial charge in [0, 0.05) is 25.2 Å². The lowest BCUT2D eigenvalue weighted by Crippen LogP contribution is -2.52. The van der Waals surface area contributed by atoms with Crippen molar-refractivity contribution in [2.24, 2.45) is 5.92 Å². The minimum absolute atomic E-state index is 0.0474. The number of methoxy groups -OCH3 is 4. The van der Waals surface area contributed by atoms with E-state index in [2.05, 4.69) is 0 Å². The van der Waals surface area contributed by atoms with E-state index in [1.54, 1.807) is 48.5 Å². The van der Waals surface area contributed by atoms with Gasteiger partial charge in [-0.2, -0.15) is 0 Å². The lowest BCUT2D eigenvalue weighted by Gasteiger charge is -2.40. The number of esters is 1. The Hall–Kier alpha value is -3.95. The van der Waals surface area contributed by atoms with Gasteiger partial charge >= 0.3 is 5.97 Å². The van der Waals surface area contributed by atoms with Crippen molar-refractivity contribution in [3.8, 4) is 23.0 Å². The Labute approximate surface area is 271 Å². The van der Waals surface area contributed by atoms with Crippen LogP contribution in [0, 0.1) is 5.92 Å². The molecule has 252 valence electrons. The van der Waals surface area contributed by atoms with Gasteiger partial charge in [0.25, 0.3) is 6.29 Å². The molecule has 2 heterocycles. The van der Waals surface area contributed by atoms with Crippen LogP contribution in [-0.2, 0) is 34.9 Å². The van der Waals surface area contributed by atoms with Crippen LogP contribution in [-0.4, -0.2) is 98.9 Å². The van der Waals surface area contributed by atoms with E-state index in [9.17, 15) is 25.2 Å². The Bertz CT molecular complexity index is 1570. The van der Waals surface area contributed by atoms with Crippen LogP contribution in [0.2, 0.25) is 0 Å². The van der Waals surface area contributed by atoms with Gasteiger partial charge in [0.05, 0.1) is 46.0 Å². The molecule has 6 rings (SSSR count). The lowest BCUT2D eigenvalue weighted by molar-refractivity contribution is -0.324. The third kappa shape index (κ3) is 5.10. The maximum absolute atomic E-state index is 13.5. The van der Waals surface area contributed by atoms with E-state index in [0.29, 0.717) is 16.9 Å². The molecule has 9 atom stereocenters. The molecule has 3 aromatic carbocycles. The van der Waals surface area contributed by atoms with Crippen LogP contribution in [0.25, 0.3) is 0 Å². The fourth-order valence-electron chi connectivity index (χ4n) is 7.11. The van der Waals surface area contributed by atoms with Crippen LogP contribution in [0.5, 0.6) is 23.0 Å². The highest BCUT2D eigenvalue weighted by atomic mass is 16.8. The minimum Gasteiger partial charge on any atom is -0.497 e. The molecule has 2 aliphatic heterocycles. The Morgan fingerprint density at radius 1 is 0.979 bits per heavy atom. The second-order valence-corrected chi connectivity index (χ2v) is 11.6. The van der Waals surface area contributed by atoms with Crippen LogP contribution in [0.4, 0.5) is 0 Å². The van der Waals surface area contributed by atoms with E-state index in [0.717, 1.165) is 0 Å². The molecule has 1 aliphatic carbocycles. The Kier molecular flexibility index (Phi) is 9.06. The zero-order valence-electron chi connectivity index (χ0n) is 26.3. The summed E-state index contributed by atoms with van der Waals surface area (Å²) in [6.45, 7) is -0.601. The number of fused-ring (bicyclic) bond motifs is 3. The number of carbonyl (C=O) groups excluding carboxylic acids is 1.